The van der Waals surface area contributed by atoms with Crippen molar-refractivity contribution in [3.63, 3.8) is 0 Å². The van der Waals surface area contributed by atoms with Gasteiger partial charge in [0.1, 0.15) is 11.6 Å². The molecule has 2 aromatic heterocycles. The first-order valence-corrected chi connectivity index (χ1v) is 5.62. The molecule has 6 heteroatoms. The van der Waals surface area contributed by atoms with Gasteiger partial charge < -0.3 is 9.88 Å². The Kier molecular flexibility index (Phi) is 3.23. The predicted molar refractivity (Wildman–Crippen MR) is 64.2 cm³/mol. The largest absolute Gasteiger partial charge is 0.317 e. The summed E-state index contributed by atoms with van der Waals surface area (Å²) in [5.41, 5.74) is 2.40. The van der Waals surface area contributed by atoms with Crippen molar-refractivity contribution in [2.75, 3.05) is 0 Å². The second-order valence-corrected chi connectivity index (χ2v) is 4.20. The SMILES string of the molecule is Cc1c(CNCc2nnc(C)n2C)cnn1C. The van der Waals surface area contributed by atoms with E-state index in [9.17, 15) is 0 Å². The van der Waals surface area contributed by atoms with E-state index in [2.05, 4.69) is 27.5 Å². The monoisotopic (exact) mass is 234 g/mol. The highest BCUT2D eigenvalue weighted by Gasteiger charge is 2.06. The lowest BCUT2D eigenvalue weighted by atomic mass is 10.2. The Morgan fingerprint density at radius 2 is 1.94 bits per heavy atom. The van der Waals surface area contributed by atoms with Crippen LogP contribution in [0.15, 0.2) is 6.20 Å². The van der Waals surface area contributed by atoms with Gasteiger partial charge in [-0.05, 0) is 13.8 Å². The summed E-state index contributed by atoms with van der Waals surface area (Å²) in [5, 5.41) is 15.7. The second-order valence-electron chi connectivity index (χ2n) is 4.20. The summed E-state index contributed by atoms with van der Waals surface area (Å²) < 4.78 is 3.87. The molecule has 2 heterocycles. The third-order valence-corrected chi connectivity index (χ3v) is 3.12. The summed E-state index contributed by atoms with van der Waals surface area (Å²) in [6.45, 7) is 5.52. The van der Waals surface area contributed by atoms with E-state index in [1.807, 2.05) is 36.5 Å². The van der Waals surface area contributed by atoms with Gasteiger partial charge in [0.05, 0.1) is 12.7 Å². The molecule has 2 rings (SSSR count). The molecule has 0 saturated carbocycles. The van der Waals surface area contributed by atoms with E-state index in [0.29, 0.717) is 6.54 Å². The van der Waals surface area contributed by atoms with Crippen LogP contribution in [0.3, 0.4) is 0 Å². The van der Waals surface area contributed by atoms with Gasteiger partial charge in [0.25, 0.3) is 0 Å². The molecule has 0 fully saturated rings. The fourth-order valence-corrected chi connectivity index (χ4v) is 1.63. The van der Waals surface area contributed by atoms with Gasteiger partial charge in [0.15, 0.2) is 0 Å². The van der Waals surface area contributed by atoms with E-state index in [1.165, 1.54) is 11.3 Å². The van der Waals surface area contributed by atoms with Gasteiger partial charge in [-0.3, -0.25) is 4.68 Å². The maximum Gasteiger partial charge on any atom is 0.146 e. The molecule has 0 spiro atoms. The summed E-state index contributed by atoms with van der Waals surface area (Å²) in [7, 11) is 3.92. The second kappa shape index (κ2) is 4.67. The van der Waals surface area contributed by atoms with Crippen LogP contribution in [0.5, 0.6) is 0 Å². The zero-order valence-electron chi connectivity index (χ0n) is 10.7. The van der Waals surface area contributed by atoms with Gasteiger partial charge in [0.2, 0.25) is 0 Å². The number of aryl methyl sites for hydroxylation is 2. The molecule has 0 aliphatic carbocycles. The van der Waals surface area contributed by atoms with Crippen molar-refractivity contribution < 1.29 is 0 Å². The third-order valence-electron chi connectivity index (χ3n) is 3.12. The molecule has 0 aromatic carbocycles. The average molecular weight is 234 g/mol. The van der Waals surface area contributed by atoms with Crippen LogP contribution in [0.4, 0.5) is 0 Å². The Morgan fingerprint density at radius 3 is 2.47 bits per heavy atom. The Balaban J connectivity index is 1.92. The smallest absolute Gasteiger partial charge is 0.146 e. The topological polar surface area (TPSA) is 60.6 Å². The maximum absolute atomic E-state index is 4.21. The molecule has 0 saturated heterocycles. The molecule has 0 unspecified atom stereocenters. The minimum atomic E-state index is 0.714. The maximum atomic E-state index is 4.21. The van der Waals surface area contributed by atoms with Crippen LogP contribution in [0, 0.1) is 13.8 Å². The Labute approximate surface area is 101 Å². The van der Waals surface area contributed by atoms with Crippen LogP contribution in [0.1, 0.15) is 22.9 Å². The number of aromatic nitrogens is 5. The van der Waals surface area contributed by atoms with Gasteiger partial charge >= 0.3 is 0 Å². The van der Waals surface area contributed by atoms with Crippen LogP contribution in [0.2, 0.25) is 0 Å². The third kappa shape index (κ3) is 2.36. The number of hydrogen-bond donors (Lipinski definition) is 1. The molecule has 17 heavy (non-hydrogen) atoms. The van der Waals surface area contributed by atoms with Gasteiger partial charge in [-0.2, -0.15) is 5.10 Å². The van der Waals surface area contributed by atoms with E-state index in [-0.39, 0.29) is 0 Å². The average Bonchev–Trinajstić information content (AvgIpc) is 2.79. The van der Waals surface area contributed by atoms with Crippen LogP contribution < -0.4 is 5.32 Å². The Hall–Kier alpha value is -1.69. The minimum absolute atomic E-state index is 0.714. The van der Waals surface area contributed by atoms with E-state index in [1.54, 1.807) is 0 Å². The summed E-state index contributed by atoms with van der Waals surface area (Å²) in [4.78, 5) is 0. The van der Waals surface area contributed by atoms with Gasteiger partial charge in [-0.1, -0.05) is 0 Å². The Bertz CT molecular complexity index is 464. The lowest BCUT2D eigenvalue weighted by Crippen LogP contribution is -2.16. The van der Waals surface area contributed by atoms with E-state index < -0.39 is 0 Å². The van der Waals surface area contributed by atoms with Crippen LogP contribution in [0.25, 0.3) is 0 Å². The molecule has 92 valence electrons. The molecule has 0 bridgehead atoms. The molecule has 0 radical (unpaired) electrons. The summed E-state index contributed by atoms with van der Waals surface area (Å²) >= 11 is 0. The van der Waals surface area contributed by atoms with Gasteiger partial charge in [-0.25, -0.2) is 0 Å². The summed E-state index contributed by atoms with van der Waals surface area (Å²) in [6.07, 6.45) is 1.89. The highest BCUT2D eigenvalue weighted by molar-refractivity contribution is 5.15. The van der Waals surface area contributed by atoms with Crippen molar-refractivity contribution in [1.82, 2.24) is 29.9 Å². The van der Waals surface area contributed by atoms with E-state index in [4.69, 9.17) is 0 Å². The molecular formula is C11H18N6. The van der Waals surface area contributed by atoms with E-state index in [0.717, 1.165) is 18.2 Å². The first-order valence-electron chi connectivity index (χ1n) is 5.62. The molecule has 0 aliphatic heterocycles. The highest BCUT2D eigenvalue weighted by atomic mass is 15.3. The highest BCUT2D eigenvalue weighted by Crippen LogP contribution is 2.05. The number of nitrogens with zero attached hydrogens (tertiary/aromatic N) is 5. The van der Waals surface area contributed by atoms with Crippen LogP contribution >= 0.6 is 0 Å². The van der Waals surface area contributed by atoms with Crippen molar-refractivity contribution in [2.24, 2.45) is 14.1 Å². The van der Waals surface area contributed by atoms with Crippen molar-refractivity contribution in [3.05, 3.63) is 29.1 Å². The summed E-state index contributed by atoms with van der Waals surface area (Å²) in [5.74, 6) is 1.88. The van der Waals surface area contributed by atoms with Gasteiger partial charge in [-0.15, -0.1) is 10.2 Å². The molecule has 0 amide bonds. The normalized spacial score (nSPS) is 11.1. The van der Waals surface area contributed by atoms with Gasteiger partial charge in [0, 0.05) is 31.9 Å². The molecule has 0 atom stereocenters. The molecule has 2 aromatic rings. The first-order chi connectivity index (χ1) is 8.09. The van der Waals surface area contributed by atoms with Crippen LogP contribution in [-0.2, 0) is 27.2 Å². The van der Waals surface area contributed by atoms with Crippen LogP contribution in [-0.4, -0.2) is 24.5 Å². The standard InChI is InChI=1S/C11H18N6/c1-8-10(6-13-17(8)4)5-12-7-11-15-14-9(2)16(11)3/h6,12H,5,7H2,1-4H3. The number of hydrogen-bond acceptors (Lipinski definition) is 4. The molecule has 1 N–H and O–H groups in total. The fraction of sp³-hybridized carbons (Fsp3) is 0.545. The lowest BCUT2D eigenvalue weighted by molar-refractivity contribution is 0.631. The Morgan fingerprint density at radius 1 is 1.18 bits per heavy atom. The zero-order valence-corrected chi connectivity index (χ0v) is 10.7. The van der Waals surface area contributed by atoms with Crippen molar-refractivity contribution in [3.8, 4) is 0 Å². The summed E-state index contributed by atoms with van der Waals surface area (Å²) in [6, 6.07) is 0. The number of nitrogens with one attached hydrogen (secondary N) is 1. The number of rotatable bonds is 4. The molecule has 0 aliphatic rings. The zero-order chi connectivity index (χ0) is 12.4. The van der Waals surface area contributed by atoms with Crippen molar-refractivity contribution in [1.29, 1.82) is 0 Å². The predicted octanol–water partition coefficient (Wildman–Crippen LogP) is 0.455. The molecule has 6 nitrogen and oxygen atoms in total. The van der Waals surface area contributed by atoms with Crippen molar-refractivity contribution in [2.45, 2.75) is 26.9 Å². The quantitative estimate of drug-likeness (QED) is 0.834. The van der Waals surface area contributed by atoms with E-state index >= 15 is 0 Å². The fourth-order valence-electron chi connectivity index (χ4n) is 1.63. The molecular weight excluding hydrogens is 216 g/mol. The minimum Gasteiger partial charge on any atom is -0.317 e. The lowest BCUT2D eigenvalue weighted by Gasteiger charge is -2.04. The first kappa shape index (κ1) is 11.8. The van der Waals surface area contributed by atoms with Crippen molar-refractivity contribution >= 4 is 0 Å².